The van der Waals surface area contributed by atoms with E-state index in [2.05, 4.69) is 27.4 Å². The SMILES string of the molecule is [2H]C(CC)[P+](C)(CC)CC. The predicted octanol–water partition coefficient (Wildman–Crippen LogP) is 3.08. The van der Waals surface area contributed by atoms with E-state index < -0.39 is 7.26 Å². The molecule has 0 rings (SSSR count). The van der Waals surface area contributed by atoms with E-state index >= 15 is 0 Å². The fraction of sp³-hybridized carbons (Fsp3) is 1.00. The molecule has 0 radical (unpaired) electrons. The summed E-state index contributed by atoms with van der Waals surface area (Å²) in [5, 5.41) is 0. The smallest absolute Gasteiger partial charge is 0.0619 e. The molecule has 0 aromatic carbocycles. The molecule has 0 aromatic heterocycles. The normalized spacial score (nSPS) is 17.1. The molecule has 9 heavy (non-hydrogen) atoms. The molecule has 0 spiro atoms. The van der Waals surface area contributed by atoms with E-state index in [4.69, 9.17) is 1.37 Å². The first-order chi connectivity index (χ1) is 4.60. The minimum absolute atomic E-state index is 0.238. The largest absolute Gasteiger partial charge is 0.0708 e. The highest BCUT2D eigenvalue weighted by Crippen LogP contribution is 2.54. The molecule has 0 N–H and O–H groups in total. The van der Waals surface area contributed by atoms with Gasteiger partial charge < -0.3 is 0 Å². The summed E-state index contributed by atoms with van der Waals surface area (Å²) in [6.45, 7) is 8.92. The minimum Gasteiger partial charge on any atom is -0.0619 e. The Labute approximate surface area is 61.8 Å². The summed E-state index contributed by atoms with van der Waals surface area (Å²) in [6, 6.07) is 0. The Kier molecular flexibility index (Phi) is 3.58. The van der Waals surface area contributed by atoms with Gasteiger partial charge in [0.15, 0.2) is 0 Å². The van der Waals surface area contributed by atoms with Crippen LogP contribution >= 0.6 is 7.26 Å². The second kappa shape index (κ2) is 4.28. The molecule has 1 heteroatoms. The first kappa shape index (κ1) is 7.54. The predicted molar refractivity (Wildman–Crippen MR) is 49.1 cm³/mol. The number of hydrogen-bond acceptors (Lipinski definition) is 0. The highest BCUT2D eigenvalue weighted by atomic mass is 31.2. The Morgan fingerprint density at radius 2 is 1.67 bits per heavy atom. The van der Waals surface area contributed by atoms with Gasteiger partial charge in [0.1, 0.15) is 0 Å². The zero-order valence-electron chi connectivity index (χ0n) is 8.15. The minimum atomic E-state index is -0.856. The van der Waals surface area contributed by atoms with Crippen LogP contribution in [0.1, 0.15) is 28.6 Å². The molecule has 0 heterocycles. The summed E-state index contributed by atoms with van der Waals surface area (Å²) in [4.78, 5) is 0. The van der Waals surface area contributed by atoms with Gasteiger partial charge in [-0.1, -0.05) is 6.92 Å². The molecule has 0 aromatic rings. The molecule has 1 atom stereocenters. The topological polar surface area (TPSA) is 0 Å². The van der Waals surface area contributed by atoms with Gasteiger partial charge in [-0.2, -0.15) is 0 Å². The highest BCUT2D eigenvalue weighted by Gasteiger charge is 2.24. The van der Waals surface area contributed by atoms with Crippen LogP contribution in [-0.4, -0.2) is 25.1 Å². The van der Waals surface area contributed by atoms with Gasteiger partial charge in [-0.05, 0) is 20.3 Å². The zero-order chi connectivity index (χ0) is 8.20. The van der Waals surface area contributed by atoms with Crippen LogP contribution in [0, 0.1) is 0 Å². The Morgan fingerprint density at radius 3 is 1.78 bits per heavy atom. The van der Waals surface area contributed by atoms with Gasteiger partial charge in [0.2, 0.25) is 0 Å². The quantitative estimate of drug-likeness (QED) is 0.537. The van der Waals surface area contributed by atoms with Crippen LogP contribution in [0.2, 0.25) is 0 Å². The zero-order valence-corrected chi connectivity index (χ0v) is 8.04. The average Bonchev–Trinajstić information content (AvgIpc) is 2.01. The summed E-state index contributed by atoms with van der Waals surface area (Å²) in [5.41, 5.74) is 0. The second-order valence-electron chi connectivity index (χ2n) is 2.70. The van der Waals surface area contributed by atoms with Crippen molar-refractivity contribution in [1.29, 1.82) is 0 Å². The van der Waals surface area contributed by atoms with Crippen molar-refractivity contribution in [2.45, 2.75) is 27.2 Å². The summed E-state index contributed by atoms with van der Waals surface area (Å²) in [6.07, 6.45) is 3.76. The van der Waals surface area contributed by atoms with E-state index in [0.717, 1.165) is 6.42 Å². The molecule has 0 fully saturated rings. The number of hydrogen-bond donors (Lipinski definition) is 0. The van der Waals surface area contributed by atoms with E-state index in [9.17, 15) is 0 Å². The summed E-state index contributed by atoms with van der Waals surface area (Å²) < 4.78 is 7.82. The Balaban J connectivity index is 4.02. The Hall–Kier alpha value is 0.430. The summed E-state index contributed by atoms with van der Waals surface area (Å²) in [5.74, 6) is 0. The first-order valence-electron chi connectivity index (χ1n) is 4.44. The molecule has 0 aliphatic rings. The summed E-state index contributed by atoms with van der Waals surface area (Å²) >= 11 is 0. The molecule has 0 bridgehead atoms. The third-order valence-electron chi connectivity index (χ3n) is 2.07. The van der Waals surface area contributed by atoms with Crippen molar-refractivity contribution >= 4 is 7.26 Å². The van der Waals surface area contributed by atoms with Crippen molar-refractivity contribution in [3.8, 4) is 0 Å². The van der Waals surface area contributed by atoms with Gasteiger partial charge in [0.05, 0.1) is 19.8 Å². The van der Waals surface area contributed by atoms with Crippen LogP contribution in [0.15, 0.2) is 0 Å². The van der Waals surface area contributed by atoms with E-state index in [1.807, 2.05) is 0 Å². The van der Waals surface area contributed by atoms with Crippen LogP contribution in [0.5, 0.6) is 0 Å². The lowest BCUT2D eigenvalue weighted by molar-refractivity contribution is 1.07. The highest BCUT2D eigenvalue weighted by molar-refractivity contribution is 7.75. The average molecular weight is 148 g/mol. The lowest BCUT2D eigenvalue weighted by Crippen LogP contribution is -2.01. The lowest BCUT2D eigenvalue weighted by Gasteiger charge is -2.18. The van der Waals surface area contributed by atoms with Crippen molar-refractivity contribution in [3.63, 3.8) is 0 Å². The molecule has 0 saturated heterocycles. The third kappa shape index (κ3) is 3.20. The summed E-state index contributed by atoms with van der Waals surface area (Å²) in [7, 11) is -0.856. The van der Waals surface area contributed by atoms with Gasteiger partial charge in [-0.25, -0.2) is 0 Å². The maximum atomic E-state index is 7.82. The van der Waals surface area contributed by atoms with Gasteiger partial charge in [-0.3, -0.25) is 0 Å². The van der Waals surface area contributed by atoms with Crippen molar-refractivity contribution in [1.82, 2.24) is 0 Å². The van der Waals surface area contributed by atoms with E-state index in [1.165, 1.54) is 12.3 Å². The van der Waals surface area contributed by atoms with Gasteiger partial charge in [-0.15, -0.1) is 0 Å². The van der Waals surface area contributed by atoms with Gasteiger partial charge in [0, 0.05) is 13.9 Å². The standard InChI is InChI=1S/C8H20P/c1-5-8-9(4,6-2)7-3/h5-8H2,1-4H3/q+1/i8D. The molecule has 0 amide bonds. The van der Waals surface area contributed by atoms with Crippen molar-refractivity contribution in [3.05, 3.63) is 0 Å². The Morgan fingerprint density at radius 1 is 1.22 bits per heavy atom. The van der Waals surface area contributed by atoms with Gasteiger partial charge >= 0.3 is 0 Å². The van der Waals surface area contributed by atoms with Crippen LogP contribution < -0.4 is 0 Å². The van der Waals surface area contributed by atoms with Crippen LogP contribution in [0.25, 0.3) is 0 Å². The molecule has 0 nitrogen and oxygen atoms in total. The third-order valence-corrected chi connectivity index (χ3v) is 6.20. The second-order valence-corrected chi connectivity index (χ2v) is 7.29. The maximum absolute atomic E-state index is 7.82. The van der Waals surface area contributed by atoms with Crippen LogP contribution in [0.3, 0.4) is 0 Å². The van der Waals surface area contributed by atoms with Crippen LogP contribution in [0.4, 0.5) is 0 Å². The molecular weight excluding hydrogens is 127 g/mol. The fourth-order valence-corrected chi connectivity index (χ4v) is 2.77. The van der Waals surface area contributed by atoms with E-state index in [1.54, 1.807) is 0 Å². The fourth-order valence-electron chi connectivity index (χ4n) is 0.923. The van der Waals surface area contributed by atoms with Crippen molar-refractivity contribution in [2.75, 3.05) is 25.1 Å². The lowest BCUT2D eigenvalue weighted by atomic mass is 10.6. The monoisotopic (exact) mass is 148 g/mol. The molecule has 1 unspecified atom stereocenters. The first-order valence-corrected chi connectivity index (χ1v) is 6.54. The molecule has 0 aliphatic heterocycles. The van der Waals surface area contributed by atoms with E-state index in [0.29, 0.717) is 0 Å². The van der Waals surface area contributed by atoms with Gasteiger partial charge in [0.25, 0.3) is 0 Å². The molecule has 0 aliphatic carbocycles. The number of rotatable bonds is 4. The van der Waals surface area contributed by atoms with Crippen LogP contribution in [-0.2, 0) is 0 Å². The molecule has 0 saturated carbocycles. The van der Waals surface area contributed by atoms with Crippen molar-refractivity contribution < 1.29 is 1.37 Å². The maximum Gasteiger partial charge on any atom is 0.0708 e. The molecular formula is C8H20P+. The molecule has 56 valence electrons. The van der Waals surface area contributed by atoms with Crippen molar-refractivity contribution in [2.24, 2.45) is 0 Å². The van der Waals surface area contributed by atoms with E-state index in [-0.39, 0.29) is 6.14 Å². The Bertz CT molecular complexity index is 89.3.